The van der Waals surface area contributed by atoms with Crippen LogP contribution in [0.5, 0.6) is 0 Å². The van der Waals surface area contributed by atoms with E-state index >= 15 is 0 Å². The molecule has 0 spiro atoms. The quantitative estimate of drug-likeness (QED) is 0.138. The minimum atomic E-state index is -1.54. The van der Waals surface area contributed by atoms with Crippen LogP contribution >= 0.6 is 18.6 Å². The molecular formula is C38H34Cl2Ti-2. The third kappa shape index (κ3) is 8.51. The SMILES string of the molecule is CCc1[c-]c2ccccc(-c3ccccc3)c-2c1.CCc1[c-]c2ccccc(-c3ccccc3)c-2c1.C[CH]=[Ti]([Cl])[Cl]. The van der Waals surface area contributed by atoms with Crippen molar-refractivity contribution in [2.75, 3.05) is 0 Å². The summed E-state index contributed by atoms with van der Waals surface area (Å²) >= 11 is -1.54. The summed E-state index contributed by atoms with van der Waals surface area (Å²) in [5.41, 5.74) is 12.7. The van der Waals surface area contributed by atoms with Crippen LogP contribution in [0.3, 0.4) is 0 Å². The molecule has 4 aliphatic rings. The molecule has 0 radical (unpaired) electrons. The van der Waals surface area contributed by atoms with Crippen molar-refractivity contribution in [1.82, 2.24) is 0 Å². The average molecular weight is 609 g/mol. The van der Waals surface area contributed by atoms with Gasteiger partial charge in [0.1, 0.15) is 0 Å². The first-order valence-electron chi connectivity index (χ1n) is 14.0. The molecule has 0 bridgehead atoms. The molecule has 6 rings (SSSR count). The van der Waals surface area contributed by atoms with E-state index in [1.807, 2.05) is 11.2 Å². The van der Waals surface area contributed by atoms with Gasteiger partial charge in [-0.3, -0.25) is 0 Å². The molecule has 206 valence electrons. The number of halogens is 2. The first-order chi connectivity index (χ1) is 20.0. The van der Waals surface area contributed by atoms with Crippen molar-refractivity contribution < 1.29 is 15.3 Å². The molecule has 0 N–H and O–H groups in total. The standard InChI is InChI=1S/2C18H15.C2H4.2ClH.Ti/c2*1-2-14-12-16-10-6-7-11-17(18(16)13-14)15-8-4-3-5-9-15;1-2;;;/h2*3-11,13H,2H2,1H3;1H,2H3;2*1H;/q2*-1;;;;+2/p-2. The molecular weight excluding hydrogens is 575 g/mol. The van der Waals surface area contributed by atoms with Crippen LogP contribution in [0.25, 0.3) is 44.5 Å². The summed E-state index contributed by atoms with van der Waals surface area (Å²) < 4.78 is 1.86. The van der Waals surface area contributed by atoms with Crippen LogP contribution in [-0.4, -0.2) is 4.31 Å². The molecule has 0 saturated carbocycles. The Hall–Kier alpha value is -3.00. The van der Waals surface area contributed by atoms with Gasteiger partial charge >= 0.3 is 45.1 Å². The second-order valence-corrected chi connectivity index (χ2v) is 15.5. The molecule has 0 aliphatic heterocycles. The monoisotopic (exact) mass is 608 g/mol. The van der Waals surface area contributed by atoms with Gasteiger partial charge in [-0.05, 0) is 24.0 Å². The summed E-state index contributed by atoms with van der Waals surface area (Å²) in [6.45, 7) is 6.23. The predicted molar refractivity (Wildman–Crippen MR) is 177 cm³/mol. The minimum absolute atomic E-state index is 1.03. The molecule has 0 amide bonds. The van der Waals surface area contributed by atoms with Crippen LogP contribution in [0.15, 0.2) is 121 Å². The van der Waals surface area contributed by atoms with Gasteiger partial charge in [-0.25, -0.2) is 0 Å². The molecule has 0 nitrogen and oxygen atoms in total. The maximum absolute atomic E-state index is 5.34. The third-order valence-corrected chi connectivity index (χ3v) is 9.29. The molecule has 0 atom stereocenters. The van der Waals surface area contributed by atoms with E-state index in [9.17, 15) is 0 Å². The Balaban J connectivity index is 0.000000163. The van der Waals surface area contributed by atoms with Crippen LogP contribution in [0.1, 0.15) is 31.9 Å². The molecule has 4 aliphatic carbocycles. The topological polar surface area (TPSA) is 0 Å². The second kappa shape index (κ2) is 15.9. The Labute approximate surface area is 259 Å². The van der Waals surface area contributed by atoms with Gasteiger partial charge in [0.05, 0.1) is 0 Å². The molecule has 0 unspecified atom stereocenters. The molecule has 0 fully saturated rings. The Bertz CT molecular complexity index is 1500. The van der Waals surface area contributed by atoms with Crippen LogP contribution in [-0.2, 0) is 28.1 Å². The van der Waals surface area contributed by atoms with E-state index < -0.39 is 15.3 Å². The zero-order chi connectivity index (χ0) is 29.0. The number of hydrogen-bond donors (Lipinski definition) is 0. The van der Waals surface area contributed by atoms with Crippen LogP contribution < -0.4 is 0 Å². The Morgan fingerprint density at radius 2 is 0.878 bits per heavy atom. The van der Waals surface area contributed by atoms with Gasteiger partial charge in [-0.1, -0.05) is 110 Å². The Morgan fingerprint density at radius 1 is 0.537 bits per heavy atom. The van der Waals surface area contributed by atoms with Crippen molar-refractivity contribution in [3.8, 4) is 44.5 Å². The van der Waals surface area contributed by atoms with Crippen LogP contribution in [0.4, 0.5) is 0 Å². The summed E-state index contributed by atoms with van der Waals surface area (Å²) in [5, 5.41) is 0. The molecule has 3 heteroatoms. The van der Waals surface area contributed by atoms with Crippen molar-refractivity contribution in [3.63, 3.8) is 0 Å². The number of hydrogen-bond acceptors (Lipinski definition) is 0. The van der Waals surface area contributed by atoms with Gasteiger partial charge in [-0.2, -0.15) is 23.3 Å². The number of fused-ring (bicyclic) bond motifs is 2. The molecule has 0 saturated heterocycles. The van der Waals surface area contributed by atoms with E-state index in [4.69, 9.17) is 18.6 Å². The summed E-state index contributed by atoms with van der Waals surface area (Å²) in [4.78, 5) is 0. The van der Waals surface area contributed by atoms with Crippen LogP contribution in [0, 0.1) is 12.1 Å². The first kappa shape index (κ1) is 31.0. The van der Waals surface area contributed by atoms with Crippen molar-refractivity contribution >= 4 is 22.9 Å². The Kier molecular flexibility index (Phi) is 12.0. The summed E-state index contributed by atoms with van der Waals surface area (Å²) in [5.74, 6) is 0. The zero-order valence-electron chi connectivity index (χ0n) is 23.8. The van der Waals surface area contributed by atoms with E-state index in [2.05, 4.69) is 147 Å². The van der Waals surface area contributed by atoms with Gasteiger partial charge in [0.2, 0.25) is 0 Å². The van der Waals surface area contributed by atoms with E-state index in [1.165, 1.54) is 55.6 Å². The van der Waals surface area contributed by atoms with E-state index in [0.29, 0.717) is 0 Å². The normalized spacial score (nSPS) is 10.3. The molecule has 2 aromatic rings. The maximum atomic E-state index is 5.34. The number of aryl methyl sites for hydroxylation is 2. The van der Waals surface area contributed by atoms with Gasteiger partial charge in [0.25, 0.3) is 0 Å². The zero-order valence-corrected chi connectivity index (χ0v) is 26.9. The predicted octanol–water partition coefficient (Wildman–Crippen LogP) is 11.4. The van der Waals surface area contributed by atoms with Gasteiger partial charge in [0.15, 0.2) is 0 Å². The van der Waals surface area contributed by atoms with Crippen molar-refractivity contribution in [2.24, 2.45) is 0 Å². The number of rotatable bonds is 4. The second-order valence-electron chi connectivity index (χ2n) is 9.53. The fraction of sp³-hybridized carbons (Fsp3) is 0.132. The van der Waals surface area contributed by atoms with Gasteiger partial charge < -0.3 is 0 Å². The molecule has 41 heavy (non-hydrogen) atoms. The fourth-order valence-corrected chi connectivity index (χ4v) is 4.67. The van der Waals surface area contributed by atoms with E-state index in [0.717, 1.165) is 12.8 Å². The molecule has 2 aromatic carbocycles. The fourth-order valence-electron chi connectivity index (χ4n) is 4.67. The van der Waals surface area contributed by atoms with Gasteiger partial charge in [-0.15, -0.1) is 58.7 Å². The average Bonchev–Trinajstić information content (AvgIpc) is 3.50. The molecule has 0 aromatic heterocycles. The van der Waals surface area contributed by atoms with Crippen molar-refractivity contribution in [3.05, 3.63) is 145 Å². The van der Waals surface area contributed by atoms with Crippen LogP contribution in [0.2, 0.25) is 0 Å². The van der Waals surface area contributed by atoms with E-state index in [1.54, 1.807) is 0 Å². The third-order valence-electron chi connectivity index (χ3n) is 6.81. The summed E-state index contributed by atoms with van der Waals surface area (Å²) in [6, 6.07) is 49.6. The summed E-state index contributed by atoms with van der Waals surface area (Å²) in [6.07, 6.45) is 2.07. The van der Waals surface area contributed by atoms with Crippen molar-refractivity contribution in [1.29, 1.82) is 0 Å². The van der Waals surface area contributed by atoms with Gasteiger partial charge in [0, 0.05) is 0 Å². The number of benzene rings is 2. The molecule has 0 heterocycles. The Morgan fingerprint density at radius 3 is 1.22 bits per heavy atom. The van der Waals surface area contributed by atoms with E-state index in [-0.39, 0.29) is 0 Å². The van der Waals surface area contributed by atoms with Crippen molar-refractivity contribution in [2.45, 2.75) is 33.6 Å². The summed E-state index contributed by atoms with van der Waals surface area (Å²) in [7, 11) is 10.7. The first-order valence-corrected chi connectivity index (χ1v) is 19.2.